The van der Waals surface area contributed by atoms with Crippen molar-refractivity contribution in [2.45, 2.75) is 52.5 Å². The number of unbranched alkanes of at least 4 members (excludes halogenated alkanes) is 1. The van der Waals surface area contributed by atoms with Crippen molar-refractivity contribution in [3.05, 3.63) is 0 Å². The topological polar surface area (TPSA) is 53.9 Å². The molecule has 84 valence electrons. The number of hydrogen-bond acceptors (Lipinski definition) is 2. The third-order valence-electron chi connectivity index (χ3n) is 2.41. The Hall–Kier alpha value is -0.570. The van der Waals surface area contributed by atoms with Gasteiger partial charge >= 0.3 is 5.97 Å². The number of ether oxygens (including phenoxy) is 1. The summed E-state index contributed by atoms with van der Waals surface area (Å²) in [7, 11) is 0. The van der Waals surface area contributed by atoms with Gasteiger partial charge in [0.05, 0.1) is 6.61 Å². The van der Waals surface area contributed by atoms with E-state index in [1.165, 1.54) is 12.8 Å². The van der Waals surface area contributed by atoms with Crippen LogP contribution in [0.25, 0.3) is 0 Å². The molecule has 0 aromatic heterocycles. The fraction of sp³-hybridized carbons (Fsp3) is 0.909. The second-order valence-electron chi connectivity index (χ2n) is 3.95. The number of carbonyl (C=O) groups is 1. The zero-order valence-corrected chi connectivity index (χ0v) is 9.71. The number of hydrogen-bond donors (Lipinski definition) is 1. The Labute approximate surface area is 87.0 Å². The van der Waals surface area contributed by atoms with Crippen molar-refractivity contribution in [2.75, 3.05) is 6.61 Å². The van der Waals surface area contributed by atoms with Crippen molar-refractivity contribution in [3.8, 4) is 0 Å². The zero-order valence-electron chi connectivity index (χ0n) is 9.71. The second kappa shape index (κ2) is 7.80. The van der Waals surface area contributed by atoms with Crippen LogP contribution in [0, 0.1) is 5.92 Å². The van der Waals surface area contributed by atoms with E-state index in [2.05, 4.69) is 19.6 Å². The molecule has 0 heterocycles. The van der Waals surface area contributed by atoms with Crippen molar-refractivity contribution in [3.63, 3.8) is 0 Å². The summed E-state index contributed by atoms with van der Waals surface area (Å²) in [6.45, 7) is 6.64. The lowest BCUT2D eigenvalue weighted by Gasteiger charge is -2.14. The molecule has 2 unspecified atom stereocenters. The van der Waals surface area contributed by atoms with Crippen molar-refractivity contribution in [1.82, 2.24) is 0 Å². The highest BCUT2D eigenvalue weighted by Crippen LogP contribution is 2.12. The van der Waals surface area contributed by atoms with Crippen molar-refractivity contribution in [2.24, 2.45) is 5.92 Å². The summed E-state index contributed by atoms with van der Waals surface area (Å²) in [6, 6.07) is -0.251. The van der Waals surface area contributed by atoms with Crippen LogP contribution in [-0.4, -0.2) is 18.6 Å². The van der Waals surface area contributed by atoms with E-state index in [-0.39, 0.29) is 12.0 Å². The third-order valence-corrected chi connectivity index (χ3v) is 2.41. The molecule has 0 aromatic rings. The highest BCUT2D eigenvalue weighted by atomic mass is 16.5. The van der Waals surface area contributed by atoms with Gasteiger partial charge in [0.2, 0.25) is 0 Å². The van der Waals surface area contributed by atoms with Crippen LogP contribution in [0.2, 0.25) is 0 Å². The Bertz CT molecular complexity index is 157. The summed E-state index contributed by atoms with van der Waals surface area (Å²) in [5.41, 5.74) is 3.63. The Morgan fingerprint density at radius 3 is 2.50 bits per heavy atom. The van der Waals surface area contributed by atoms with Crippen LogP contribution in [0.1, 0.15) is 46.5 Å². The summed E-state index contributed by atoms with van der Waals surface area (Å²) in [6.07, 6.45) is 4.66. The van der Waals surface area contributed by atoms with E-state index in [4.69, 9.17) is 4.74 Å². The molecule has 3 nitrogen and oxygen atoms in total. The summed E-state index contributed by atoms with van der Waals surface area (Å²) in [4.78, 5) is 11.2. The van der Waals surface area contributed by atoms with E-state index >= 15 is 0 Å². The number of carbonyl (C=O) groups excluding carboxylic acids is 1. The molecule has 3 heteroatoms. The SMILES string of the molecule is CCCCC(CC)COC(=O)C(C)[NH3+]. The highest BCUT2D eigenvalue weighted by Gasteiger charge is 2.14. The molecule has 2 atom stereocenters. The van der Waals surface area contributed by atoms with E-state index in [1.54, 1.807) is 6.92 Å². The van der Waals surface area contributed by atoms with Gasteiger partial charge in [-0.3, -0.25) is 0 Å². The molecule has 0 fully saturated rings. The molecule has 0 saturated carbocycles. The fourth-order valence-electron chi connectivity index (χ4n) is 1.24. The molecule has 0 amide bonds. The van der Waals surface area contributed by atoms with E-state index < -0.39 is 0 Å². The number of esters is 1. The predicted octanol–water partition coefficient (Wildman–Crippen LogP) is 1.38. The Morgan fingerprint density at radius 1 is 1.43 bits per heavy atom. The summed E-state index contributed by atoms with van der Waals surface area (Å²) >= 11 is 0. The van der Waals surface area contributed by atoms with Gasteiger partial charge in [-0.25, -0.2) is 4.79 Å². The molecule has 0 saturated heterocycles. The zero-order chi connectivity index (χ0) is 11.0. The van der Waals surface area contributed by atoms with Gasteiger partial charge in [0, 0.05) is 0 Å². The van der Waals surface area contributed by atoms with Crippen LogP contribution in [0.3, 0.4) is 0 Å². The van der Waals surface area contributed by atoms with Crippen LogP contribution in [0.15, 0.2) is 0 Å². The molecule has 0 bridgehead atoms. The van der Waals surface area contributed by atoms with E-state index in [0.717, 1.165) is 12.8 Å². The van der Waals surface area contributed by atoms with Crippen molar-refractivity contribution < 1.29 is 15.3 Å². The predicted molar refractivity (Wildman–Crippen MR) is 56.6 cm³/mol. The van der Waals surface area contributed by atoms with Gasteiger partial charge in [-0.1, -0.05) is 33.1 Å². The summed E-state index contributed by atoms with van der Waals surface area (Å²) in [5.74, 6) is 0.345. The molecule has 0 aromatic carbocycles. The first kappa shape index (κ1) is 13.4. The first-order valence-electron chi connectivity index (χ1n) is 5.61. The number of quaternary nitrogens is 1. The van der Waals surface area contributed by atoms with Crippen molar-refractivity contribution in [1.29, 1.82) is 0 Å². The third kappa shape index (κ3) is 5.97. The van der Waals surface area contributed by atoms with Gasteiger partial charge in [0.25, 0.3) is 0 Å². The summed E-state index contributed by atoms with van der Waals surface area (Å²) in [5, 5.41) is 0. The largest absolute Gasteiger partial charge is 0.461 e. The minimum absolute atomic E-state index is 0.181. The van der Waals surface area contributed by atoms with Gasteiger partial charge in [0.15, 0.2) is 6.04 Å². The fourth-order valence-corrected chi connectivity index (χ4v) is 1.24. The van der Waals surface area contributed by atoms with Crippen LogP contribution in [-0.2, 0) is 9.53 Å². The lowest BCUT2D eigenvalue weighted by Crippen LogP contribution is -2.63. The first-order valence-corrected chi connectivity index (χ1v) is 5.61. The monoisotopic (exact) mass is 202 g/mol. The van der Waals surface area contributed by atoms with Gasteiger partial charge < -0.3 is 10.5 Å². The molecule has 0 rings (SSSR count). The Balaban J connectivity index is 3.66. The molecule has 0 aliphatic carbocycles. The molecule has 0 radical (unpaired) electrons. The van der Waals surface area contributed by atoms with Gasteiger partial charge in [-0.2, -0.15) is 0 Å². The van der Waals surface area contributed by atoms with E-state index in [1.807, 2.05) is 0 Å². The Kier molecular flexibility index (Phi) is 7.48. The smallest absolute Gasteiger partial charge is 0.364 e. The first-order chi connectivity index (χ1) is 6.61. The molecule has 0 aliphatic heterocycles. The van der Waals surface area contributed by atoms with Gasteiger partial charge in [-0.05, 0) is 19.3 Å². The summed E-state index contributed by atoms with van der Waals surface area (Å²) < 4.78 is 5.15. The maximum atomic E-state index is 11.2. The number of rotatable bonds is 7. The van der Waals surface area contributed by atoms with Crippen LogP contribution in [0.5, 0.6) is 0 Å². The molecule has 0 aliphatic rings. The molecule has 3 N–H and O–H groups in total. The van der Waals surface area contributed by atoms with Gasteiger partial charge in [0.1, 0.15) is 0 Å². The molecule has 0 spiro atoms. The maximum Gasteiger partial charge on any atom is 0.364 e. The van der Waals surface area contributed by atoms with Crippen LogP contribution in [0.4, 0.5) is 0 Å². The van der Waals surface area contributed by atoms with Gasteiger partial charge in [-0.15, -0.1) is 0 Å². The molecular weight excluding hydrogens is 178 g/mol. The quantitative estimate of drug-likeness (QED) is 0.634. The average Bonchev–Trinajstić information content (AvgIpc) is 2.17. The van der Waals surface area contributed by atoms with E-state index in [0.29, 0.717) is 12.5 Å². The van der Waals surface area contributed by atoms with Crippen LogP contribution < -0.4 is 5.73 Å². The standard InChI is InChI=1S/C11H23NO2/c1-4-6-7-10(5-2)8-14-11(13)9(3)12/h9-10H,4-8,12H2,1-3H3/p+1. The lowest BCUT2D eigenvalue weighted by molar-refractivity contribution is -0.403. The minimum atomic E-state index is -0.251. The maximum absolute atomic E-state index is 11.2. The normalized spacial score (nSPS) is 14.9. The van der Waals surface area contributed by atoms with Crippen molar-refractivity contribution >= 4 is 5.97 Å². The minimum Gasteiger partial charge on any atom is -0.461 e. The lowest BCUT2D eigenvalue weighted by atomic mass is 10.0. The highest BCUT2D eigenvalue weighted by molar-refractivity contribution is 5.73. The molecule has 14 heavy (non-hydrogen) atoms. The second-order valence-corrected chi connectivity index (χ2v) is 3.95. The van der Waals surface area contributed by atoms with Crippen LogP contribution >= 0.6 is 0 Å². The Morgan fingerprint density at radius 2 is 2.07 bits per heavy atom. The van der Waals surface area contributed by atoms with E-state index in [9.17, 15) is 4.79 Å². The average molecular weight is 202 g/mol. The molecular formula is C11H24NO2+.